The van der Waals surface area contributed by atoms with Crippen LogP contribution in [0.5, 0.6) is 51.7 Å². The lowest BCUT2D eigenvalue weighted by molar-refractivity contribution is -0.334. The number of nitrogens with zero attached hydrogens (tertiary/aromatic N) is 2. The summed E-state index contributed by atoms with van der Waals surface area (Å²) in [6, 6.07) is 2.94. The first-order valence-electron chi connectivity index (χ1n) is 39.2. The maximum Gasteiger partial charge on any atom is 0.573 e. The van der Waals surface area contributed by atoms with E-state index in [1.807, 2.05) is 0 Å². The number of carbonyl (C=O) groups excluding carboxylic acids is 9. The van der Waals surface area contributed by atoms with Crippen LogP contribution in [0.15, 0.2) is 103 Å². The molecule has 0 aromatic heterocycles. The number of aliphatic hydroxyl groups is 6. The Morgan fingerprint density at radius 1 is 0.712 bits per heavy atom. The van der Waals surface area contributed by atoms with Crippen molar-refractivity contribution < 1.29 is 141 Å². The summed E-state index contributed by atoms with van der Waals surface area (Å²) >= 11 is 14.3. The Labute approximate surface area is 719 Å². The van der Waals surface area contributed by atoms with E-state index < -0.39 is 260 Å². The highest BCUT2D eigenvalue weighted by Crippen LogP contribution is 2.50. The van der Waals surface area contributed by atoms with Crippen molar-refractivity contribution in [2.24, 2.45) is 11.7 Å². The predicted octanol–water partition coefficient (Wildman–Crippen LogP) is 1.41. The van der Waals surface area contributed by atoms with Gasteiger partial charge in [-0.2, -0.15) is 0 Å². The van der Waals surface area contributed by atoms with Crippen molar-refractivity contribution in [1.82, 2.24) is 63.3 Å². The van der Waals surface area contributed by atoms with Gasteiger partial charge in [0.05, 0.1) is 41.3 Å². The van der Waals surface area contributed by atoms with E-state index in [0.717, 1.165) is 78.9 Å². The highest BCUT2D eigenvalue weighted by atomic mass is 35.5. The molecule has 8 heterocycles. The van der Waals surface area contributed by atoms with Gasteiger partial charge in [-0.1, -0.05) is 55.2 Å². The van der Waals surface area contributed by atoms with Gasteiger partial charge in [-0.05, 0) is 140 Å². The maximum atomic E-state index is 16.3. The number of carbonyl (C=O) groups is 9. The molecule has 8 aliphatic rings. The summed E-state index contributed by atoms with van der Waals surface area (Å²) in [6.07, 6.45) is -24.1. The lowest BCUT2D eigenvalue weighted by Crippen LogP contribution is -2.66. The van der Waals surface area contributed by atoms with Crippen molar-refractivity contribution in [3.8, 4) is 62.9 Å². The van der Waals surface area contributed by atoms with Crippen molar-refractivity contribution in [1.29, 1.82) is 0 Å². The molecule has 3 saturated heterocycles. The van der Waals surface area contributed by atoms with Gasteiger partial charge in [-0.25, -0.2) is 15.3 Å². The molecule has 8 aliphatic heterocycles. The van der Waals surface area contributed by atoms with Crippen LogP contribution in [-0.4, -0.2) is 253 Å². The average Bonchev–Trinajstić information content (AvgIpc) is 0.763. The highest BCUT2D eigenvalue weighted by molar-refractivity contribution is 6.32. The Balaban J connectivity index is 0.956. The molecule has 0 aliphatic carbocycles. The number of primary amides is 1. The van der Waals surface area contributed by atoms with E-state index in [-0.39, 0.29) is 53.4 Å². The number of anilines is 1. The van der Waals surface area contributed by atoms with E-state index in [1.165, 1.54) is 43.7 Å². The lowest BCUT2D eigenvalue weighted by atomic mass is 9.85. The normalized spacial score (nSPS) is 27.1. The third-order valence-corrected chi connectivity index (χ3v) is 22.4. The third-order valence-electron chi connectivity index (χ3n) is 21.8. The molecule has 14 rings (SSSR count). The fraction of sp³-hybridized carbons (Fsp3) is 0.438. The zero-order valence-electron chi connectivity index (χ0n) is 67.1. The van der Waals surface area contributed by atoms with Gasteiger partial charge in [0.25, 0.3) is 5.91 Å². The van der Waals surface area contributed by atoms with E-state index in [0.29, 0.717) is 32.7 Å². The van der Waals surface area contributed by atoms with Gasteiger partial charge in [-0.3, -0.25) is 53.9 Å². The van der Waals surface area contributed by atoms with Crippen molar-refractivity contribution in [3.05, 3.63) is 141 Å². The Bertz CT molecular complexity index is 5040. The number of nitrogens with one attached hydrogen (secondary N) is 11. The molecule has 40 nitrogen and oxygen atoms in total. The van der Waals surface area contributed by atoms with Crippen LogP contribution in [0.25, 0.3) is 11.1 Å². The topological polar surface area (TPSA) is 585 Å². The zero-order chi connectivity index (χ0) is 90.5. The van der Waals surface area contributed by atoms with Crippen LogP contribution in [0.2, 0.25) is 10.0 Å². The highest BCUT2D eigenvalue weighted by Gasteiger charge is 2.53. The number of urea groups is 1. The van der Waals surface area contributed by atoms with Crippen LogP contribution in [0.4, 0.5) is 23.7 Å². The number of phenolic OH excluding ortho intramolecular Hbond substituents is 3. The van der Waals surface area contributed by atoms with E-state index in [4.69, 9.17) is 57.4 Å². The van der Waals surface area contributed by atoms with Crippen LogP contribution >= 0.6 is 23.2 Å². The number of fused-ring (bicyclic) bond motifs is 15. The monoisotopic (exact) mass is 1790 g/mol. The molecule has 0 radical (unpaired) electrons. The van der Waals surface area contributed by atoms with Crippen LogP contribution in [0.1, 0.15) is 105 Å². The molecule has 674 valence electrons. The zero-order valence-corrected chi connectivity index (χ0v) is 68.7. The number of ether oxygens (including phenoxy) is 7. The van der Waals surface area contributed by atoms with Gasteiger partial charge in [-0.15, -0.1) is 13.2 Å². The molecule has 11 bridgehead atoms. The molecule has 0 spiro atoms. The van der Waals surface area contributed by atoms with Crippen molar-refractivity contribution in [2.45, 2.75) is 163 Å². The van der Waals surface area contributed by atoms with Gasteiger partial charge in [0.2, 0.25) is 53.4 Å². The largest absolute Gasteiger partial charge is 0.573 e. The van der Waals surface area contributed by atoms with Gasteiger partial charge < -0.3 is 133 Å². The third kappa shape index (κ3) is 21.7. The Kier molecular flexibility index (Phi) is 29.1. The smallest absolute Gasteiger partial charge is 0.508 e. The quantitative estimate of drug-likeness (QED) is 0.0379. The molecule has 0 saturated carbocycles. The average molecular weight is 1790 g/mol. The number of aliphatic hydroxyl groups excluding tert-OH is 6. The van der Waals surface area contributed by atoms with Gasteiger partial charge in [0.1, 0.15) is 101 Å². The second-order valence-corrected chi connectivity index (χ2v) is 32.0. The second kappa shape index (κ2) is 39.1. The molecule has 23 N–H and O–H groups in total. The molecule has 6 aromatic carbocycles. The van der Waals surface area contributed by atoms with E-state index in [1.54, 1.807) is 25.8 Å². The molecule has 3 fully saturated rings. The summed E-state index contributed by atoms with van der Waals surface area (Å²) in [6.45, 7) is 7.90. The molecule has 10 amide bonds. The summed E-state index contributed by atoms with van der Waals surface area (Å²) < 4.78 is 81.5. The number of amides is 10. The van der Waals surface area contributed by atoms with Crippen LogP contribution in [0.3, 0.4) is 0 Å². The fourth-order valence-corrected chi connectivity index (χ4v) is 15.8. The summed E-state index contributed by atoms with van der Waals surface area (Å²) in [4.78, 5) is 134. The first-order valence-corrected chi connectivity index (χ1v) is 40.0. The molecular formula is C80H93Cl2F3N14O26. The minimum Gasteiger partial charge on any atom is -0.508 e. The summed E-state index contributed by atoms with van der Waals surface area (Å²) in [5.74, 6) is -16.5. The van der Waals surface area contributed by atoms with E-state index in [9.17, 15) is 88.3 Å². The molecular weight excluding hydrogens is 1700 g/mol. The van der Waals surface area contributed by atoms with Gasteiger partial charge in [0, 0.05) is 74.1 Å². The first-order chi connectivity index (χ1) is 59.2. The van der Waals surface area contributed by atoms with E-state index >= 15 is 19.2 Å². The summed E-state index contributed by atoms with van der Waals surface area (Å²) in [7, 11) is 1.46. The molecule has 45 heteroatoms. The number of halogens is 5. The number of likely N-dealkylation sites (N-methyl/N-ethyl adjacent to an activating group) is 1. The Morgan fingerprint density at radius 2 is 1.34 bits per heavy atom. The van der Waals surface area contributed by atoms with Crippen LogP contribution in [0, 0.1) is 5.92 Å². The maximum absolute atomic E-state index is 16.3. The minimum absolute atomic E-state index is 0.127. The van der Waals surface area contributed by atoms with Gasteiger partial charge >= 0.3 is 12.4 Å². The standard InChI is InChI=1S/C80H93Cl2F3N14O26/c1-33(2)22-46(87-5)70(110)94-61-63(105)36-7-14-50(44(81)24-36)120-52-26-38-27-53(67(52)124-77-68(66(108)65(107)54(32-100)122-77)123-56-31-79(4,69(109)34(3)119-56)88-16-17-98-18-20-99(21-19-98)96-78(117)89-39-9-11-41(12-10-39)125-80(83,84)85)121-51-15-8-37(25-45(51)82)64(106)62-75(115)93-60(76(116)97-118)43-28-40(101)29-49(103)57(43)42-23-35(6-13-48(42)102)58(72(112)95-62)92-73(113)59(38)91-71(111)47(30-55(86)104)90-74(61)114/h6-15,23-29,33-34,46-47,54,56,58-66,68-69,77,87-88,100-103,105-109,118H,16-22,30-32H2,1-5H3,(H2,86,104)(H,90,114)(H,91,111)(H,92,113)(H,93,115)(H,94,110)(H,95,112)(H,97,116)(H2,89,96,117). The minimum atomic E-state index is -4.91. The van der Waals surface area contributed by atoms with Gasteiger partial charge in [0.15, 0.2) is 23.9 Å². The van der Waals surface area contributed by atoms with Crippen LogP contribution < -0.4 is 83.4 Å². The number of phenols is 3. The van der Waals surface area contributed by atoms with Crippen LogP contribution in [-0.2, 0) is 52.6 Å². The second-order valence-electron chi connectivity index (χ2n) is 31.2. The molecule has 18 unspecified atom stereocenters. The number of hydrazine groups is 1. The number of piperazine rings is 1. The number of nitrogens with two attached hydrogens (primary N) is 1. The SMILES string of the molecule is CNC(CC(C)C)C(=O)NC1C(=O)NC(CC(N)=O)C(=O)NC2C(=O)NC3C(=O)NC(C(=O)NC(C(=O)NO)c4cc(O)cc(O)c4-c4cc3ccc4O)C(O)c3ccc(c(Cl)c3)Oc3cc2cc(c3OC2OC(CO)C(O)C(O)C2OC2CC(C)(NCCN3CCN(NC(=O)Nc4ccc(OC(F)(F)F)cc4)CC3)C(O)C(C)O2)Oc2ccc(cc2Cl)C1O. The number of alkyl halides is 3. The Hall–Kier alpha value is -11.2. The fourth-order valence-electron chi connectivity index (χ4n) is 15.3. The first kappa shape index (κ1) is 92.9. The van der Waals surface area contributed by atoms with Crippen molar-refractivity contribution in [3.63, 3.8) is 0 Å². The van der Waals surface area contributed by atoms with E-state index in [2.05, 4.69) is 62.9 Å². The number of aromatic hydroxyl groups is 3. The predicted molar refractivity (Wildman–Crippen MR) is 429 cm³/mol. The number of rotatable bonds is 20. The molecule has 6 aromatic rings. The lowest BCUT2D eigenvalue weighted by Gasteiger charge is -2.48. The number of hydrogen-bond donors (Lipinski definition) is 22. The van der Waals surface area contributed by atoms with Crippen molar-refractivity contribution >= 4 is 82.2 Å². The van der Waals surface area contributed by atoms with Crippen molar-refractivity contribution in [2.75, 3.05) is 58.2 Å². The number of hydrogen-bond acceptors (Lipinski definition) is 30. The molecule has 18 atom stereocenters. The molecule has 125 heavy (non-hydrogen) atoms. The Morgan fingerprint density at radius 3 is 1.94 bits per heavy atom. The summed E-state index contributed by atoms with van der Waals surface area (Å²) in [5.41, 5.74) is 5.83. The number of hydroxylamine groups is 1. The summed E-state index contributed by atoms with van der Waals surface area (Å²) in [5, 5.41) is 140. The number of benzene rings is 6.